The summed E-state index contributed by atoms with van der Waals surface area (Å²) in [6.07, 6.45) is 9.67. The number of nitrogens with zero attached hydrogens (tertiary/aromatic N) is 4. The van der Waals surface area contributed by atoms with Crippen molar-refractivity contribution >= 4 is 47.5 Å². The van der Waals surface area contributed by atoms with Gasteiger partial charge in [0.2, 0.25) is 11.8 Å². The Morgan fingerprint density at radius 1 is 0.947 bits per heavy atom. The Labute approximate surface area is 340 Å². The van der Waals surface area contributed by atoms with Crippen LogP contribution in [0.1, 0.15) is 89.1 Å². The van der Waals surface area contributed by atoms with Crippen molar-refractivity contribution in [1.29, 1.82) is 0 Å². The zero-order valence-corrected chi connectivity index (χ0v) is 34.7. The molecule has 4 heterocycles. The molecule has 2 N–H and O–H groups in total. The number of amides is 3. The first-order valence-electron chi connectivity index (χ1n) is 20.0. The predicted molar refractivity (Wildman–Crippen MR) is 224 cm³/mol. The largest absolute Gasteiger partial charge is 0.496 e. The zero-order valence-electron chi connectivity index (χ0n) is 33.1. The molecule has 4 aromatic rings. The topological polar surface area (TPSA) is 134 Å². The van der Waals surface area contributed by atoms with Gasteiger partial charge in [0.05, 0.1) is 17.8 Å². The first-order valence-corrected chi connectivity index (χ1v) is 23.0. The highest BCUT2D eigenvalue weighted by molar-refractivity contribution is 7.70. The first-order chi connectivity index (χ1) is 27.5. The molecule has 0 aliphatic carbocycles. The maximum atomic E-state index is 13.0. The first kappa shape index (κ1) is 40.6. The summed E-state index contributed by atoms with van der Waals surface area (Å²) in [5.74, 6) is 0.682. The lowest BCUT2D eigenvalue weighted by Gasteiger charge is -2.34. The van der Waals surface area contributed by atoms with Crippen molar-refractivity contribution in [3.8, 4) is 5.75 Å². The summed E-state index contributed by atoms with van der Waals surface area (Å²) in [7, 11) is -0.765. The average molecular weight is 811 g/mol. The monoisotopic (exact) mass is 810 g/mol. The van der Waals surface area contributed by atoms with E-state index in [2.05, 4.69) is 44.8 Å². The van der Waals surface area contributed by atoms with Crippen LogP contribution < -0.4 is 25.6 Å². The molecule has 3 amide bonds. The van der Waals surface area contributed by atoms with Crippen molar-refractivity contribution in [3.05, 3.63) is 111 Å². The zero-order chi connectivity index (χ0) is 40.1. The van der Waals surface area contributed by atoms with Crippen LogP contribution in [0.15, 0.2) is 66.9 Å². The molecule has 300 valence electrons. The van der Waals surface area contributed by atoms with Crippen molar-refractivity contribution in [2.45, 2.75) is 82.8 Å². The van der Waals surface area contributed by atoms with E-state index in [-0.39, 0.29) is 24.1 Å². The van der Waals surface area contributed by atoms with E-state index in [1.165, 1.54) is 5.56 Å². The molecule has 11 nitrogen and oxygen atoms in total. The summed E-state index contributed by atoms with van der Waals surface area (Å²) in [4.78, 5) is 50.3. The molecule has 13 heteroatoms. The number of nitrogens with one attached hydrogen (secondary N) is 2. The van der Waals surface area contributed by atoms with Crippen LogP contribution in [0.25, 0.3) is 0 Å². The predicted octanol–water partition coefficient (Wildman–Crippen LogP) is 6.30. The smallest absolute Gasteiger partial charge is 0.255 e. The van der Waals surface area contributed by atoms with E-state index in [1.807, 2.05) is 36.4 Å². The van der Waals surface area contributed by atoms with Gasteiger partial charge < -0.3 is 24.4 Å². The molecule has 3 aromatic carbocycles. The number of rotatable bonds is 15. The number of fused-ring (bicyclic) bond motifs is 1. The van der Waals surface area contributed by atoms with Crippen molar-refractivity contribution in [2.75, 3.05) is 45.0 Å². The number of piperidine rings is 2. The summed E-state index contributed by atoms with van der Waals surface area (Å²) in [5.41, 5.74) is 6.66. The van der Waals surface area contributed by atoms with E-state index >= 15 is 0 Å². The summed E-state index contributed by atoms with van der Waals surface area (Å²) in [6.45, 7) is 6.91. The van der Waals surface area contributed by atoms with Crippen LogP contribution in [-0.2, 0) is 40.0 Å². The average Bonchev–Trinajstić information content (AvgIpc) is 3.52. The van der Waals surface area contributed by atoms with Crippen molar-refractivity contribution in [2.24, 2.45) is 0 Å². The van der Waals surface area contributed by atoms with Crippen LogP contribution in [-0.4, -0.2) is 84.7 Å². The molecule has 0 spiro atoms. The van der Waals surface area contributed by atoms with Gasteiger partial charge in [-0.1, -0.05) is 60.5 Å². The number of hydrogen-bond acceptors (Lipinski definition) is 9. The lowest BCUT2D eigenvalue weighted by molar-refractivity contribution is -0.136. The molecule has 3 aliphatic heterocycles. The quantitative estimate of drug-likeness (QED) is 0.0807. The number of unbranched alkanes of at least 4 members (excludes halogenated alkanes) is 2. The van der Waals surface area contributed by atoms with Gasteiger partial charge in [-0.25, -0.2) is 9.97 Å². The van der Waals surface area contributed by atoms with Gasteiger partial charge in [0.25, 0.3) is 5.91 Å². The van der Waals surface area contributed by atoms with Gasteiger partial charge in [0, 0.05) is 79.3 Å². The van der Waals surface area contributed by atoms with Gasteiger partial charge in [0.1, 0.15) is 24.8 Å². The maximum Gasteiger partial charge on any atom is 0.255 e. The molecule has 57 heavy (non-hydrogen) atoms. The molecular weight excluding hydrogens is 759 g/mol. The third kappa shape index (κ3) is 9.77. The number of aryl methyl sites for hydroxylation is 1. The Kier molecular flexibility index (Phi) is 12.8. The SMILES string of the molecule is COc1cc(N2CCC(NCCCCCc3ccc4c(c3)CN(C3CCC(=O)NC3=O)C4=O)CC2)ccc1Cc1ncc(Cl)c(Cc2ccccc2P(C)(C)=O)n1. The second-order valence-electron chi connectivity index (χ2n) is 15.8. The normalized spacial score (nSPS) is 17.5. The van der Waals surface area contributed by atoms with Crippen LogP contribution in [0, 0.1) is 0 Å². The lowest BCUT2D eigenvalue weighted by Crippen LogP contribution is -2.52. The molecule has 0 radical (unpaired) electrons. The van der Waals surface area contributed by atoms with Gasteiger partial charge in [0.15, 0.2) is 0 Å². The summed E-state index contributed by atoms with van der Waals surface area (Å²) in [5, 5.41) is 7.49. The molecule has 1 aromatic heterocycles. The third-order valence-electron chi connectivity index (χ3n) is 11.4. The molecule has 3 aliphatic rings. The van der Waals surface area contributed by atoms with Crippen molar-refractivity contribution in [3.63, 3.8) is 0 Å². The van der Waals surface area contributed by atoms with Crippen LogP contribution in [0.2, 0.25) is 5.02 Å². The van der Waals surface area contributed by atoms with Gasteiger partial charge >= 0.3 is 0 Å². The van der Waals surface area contributed by atoms with E-state index in [0.717, 1.165) is 91.6 Å². The minimum atomic E-state index is -2.46. The Morgan fingerprint density at radius 2 is 1.75 bits per heavy atom. The number of ether oxygens (including phenoxy) is 1. The van der Waals surface area contributed by atoms with Crippen molar-refractivity contribution < 1.29 is 23.7 Å². The van der Waals surface area contributed by atoms with Crippen LogP contribution in [0.5, 0.6) is 5.75 Å². The van der Waals surface area contributed by atoms with E-state index in [9.17, 15) is 18.9 Å². The highest BCUT2D eigenvalue weighted by Crippen LogP contribution is 2.37. The number of carbonyl (C=O) groups excluding carboxylic acids is 3. The molecule has 2 saturated heterocycles. The van der Waals surface area contributed by atoms with Gasteiger partial charge in [-0.2, -0.15) is 0 Å². The van der Waals surface area contributed by atoms with E-state index in [4.69, 9.17) is 21.3 Å². The Bertz CT molecular complexity index is 2180. The molecular formula is C44H52ClN6O5P. The minimum absolute atomic E-state index is 0.126. The van der Waals surface area contributed by atoms with E-state index < -0.39 is 13.2 Å². The Balaban J connectivity index is 0.841. The van der Waals surface area contributed by atoms with Gasteiger partial charge in [-0.05, 0) is 87.2 Å². The van der Waals surface area contributed by atoms with Gasteiger partial charge in [-0.3, -0.25) is 19.7 Å². The third-order valence-corrected chi connectivity index (χ3v) is 13.4. The minimum Gasteiger partial charge on any atom is -0.496 e. The molecule has 1 unspecified atom stereocenters. The second kappa shape index (κ2) is 17.9. The number of benzene rings is 3. The molecule has 1 atom stereocenters. The number of aromatic nitrogens is 2. The number of imide groups is 1. The number of carbonyl (C=O) groups is 3. The fourth-order valence-electron chi connectivity index (χ4n) is 8.33. The molecule has 2 fully saturated rings. The highest BCUT2D eigenvalue weighted by Gasteiger charge is 2.39. The second-order valence-corrected chi connectivity index (χ2v) is 19.4. The van der Waals surface area contributed by atoms with E-state index in [0.29, 0.717) is 54.0 Å². The van der Waals surface area contributed by atoms with E-state index in [1.54, 1.807) is 31.5 Å². The number of anilines is 1. The molecule has 7 rings (SSSR count). The fourth-order valence-corrected chi connectivity index (χ4v) is 9.78. The van der Waals surface area contributed by atoms with Crippen LogP contribution >= 0.6 is 18.7 Å². The summed E-state index contributed by atoms with van der Waals surface area (Å²) >= 11 is 6.55. The molecule has 0 bridgehead atoms. The van der Waals surface area contributed by atoms with Crippen LogP contribution in [0.3, 0.4) is 0 Å². The Morgan fingerprint density at radius 3 is 2.53 bits per heavy atom. The fraction of sp³-hybridized carbons (Fsp3) is 0.432. The summed E-state index contributed by atoms with van der Waals surface area (Å²) < 4.78 is 18.8. The highest BCUT2D eigenvalue weighted by atomic mass is 35.5. The van der Waals surface area contributed by atoms with Crippen LogP contribution in [0.4, 0.5) is 5.69 Å². The number of halogens is 1. The maximum absolute atomic E-state index is 13.0. The number of methoxy groups -OCH3 is 1. The number of hydrogen-bond donors (Lipinski definition) is 2. The van der Waals surface area contributed by atoms with Crippen molar-refractivity contribution in [1.82, 2.24) is 25.5 Å². The Hall–Kier alpha value is -4.57. The summed E-state index contributed by atoms with van der Waals surface area (Å²) in [6, 6.07) is 20.1. The standard InChI is InChI=1S/C44H52ClN6O5P/c1-56-39-26-34(14-13-30(39)25-41-47-27-36(45)37(48-41)24-31-10-6-7-11-40(31)57(2,3)55)50-21-18-33(19-22-50)46-20-8-4-5-9-29-12-15-35-32(23-29)28-51(44(35)54)38-16-17-42(52)49-43(38)53/h6-7,10-15,23,26-27,33,38,46H,4-5,8-9,16-22,24-25,28H2,1-3H3,(H,49,52,53). The van der Waals surface area contributed by atoms with Gasteiger partial charge in [-0.15, -0.1) is 0 Å². The molecule has 0 saturated carbocycles. The lowest BCUT2D eigenvalue weighted by atomic mass is 10.0.